The molecule has 3 heteroatoms. The first-order chi connectivity index (χ1) is 3.80. The fourth-order valence-electron chi connectivity index (χ4n) is 0.386. The highest BCUT2D eigenvalue weighted by Gasteiger charge is 1.99. The molecule has 0 fully saturated rings. The van der Waals surface area contributed by atoms with Gasteiger partial charge >= 0.3 is 0 Å². The third-order valence-electron chi connectivity index (χ3n) is 0.793. The van der Waals surface area contributed by atoms with Gasteiger partial charge in [-0.05, 0) is 6.92 Å². The summed E-state index contributed by atoms with van der Waals surface area (Å²) >= 11 is 1.46. The molecule has 1 rings (SSSR count). The quantitative estimate of drug-likeness (QED) is 0.612. The lowest BCUT2D eigenvalue weighted by atomic mass is 10.3. The van der Waals surface area contributed by atoms with E-state index in [2.05, 4.69) is 11.9 Å². The Morgan fingerprint density at radius 3 is 2.88 bits per heavy atom. The van der Waals surface area contributed by atoms with Crippen LogP contribution in [0.15, 0.2) is 10.9 Å². The fraction of sp³-hybridized carbons (Fsp3) is 0.200. The summed E-state index contributed by atoms with van der Waals surface area (Å²) in [5, 5.41) is 10.5. The Labute approximate surface area is 51.8 Å². The molecular formula is C5H6NOS. The molecule has 8 heavy (non-hydrogen) atoms. The van der Waals surface area contributed by atoms with E-state index in [1.165, 1.54) is 11.3 Å². The number of hydrogen-bond acceptors (Lipinski definition) is 3. The van der Waals surface area contributed by atoms with Crippen LogP contribution in [0.25, 0.3) is 0 Å². The molecule has 1 N–H and O–H groups in total. The van der Waals surface area contributed by atoms with Crippen LogP contribution in [0.3, 0.4) is 0 Å². The fourth-order valence-corrected chi connectivity index (χ4v) is 0.987. The van der Waals surface area contributed by atoms with E-state index in [0.717, 1.165) is 0 Å². The Morgan fingerprint density at radius 2 is 2.62 bits per heavy atom. The molecule has 0 bridgehead atoms. The highest BCUT2D eigenvalue weighted by atomic mass is 32.1. The number of thiazole rings is 1. The summed E-state index contributed by atoms with van der Waals surface area (Å²) in [4.78, 5) is 3.82. The zero-order valence-corrected chi connectivity index (χ0v) is 5.06. The lowest BCUT2D eigenvalue weighted by molar-refractivity contribution is 0.222. The van der Waals surface area contributed by atoms with Gasteiger partial charge in [-0.1, -0.05) is 0 Å². The maximum Gasteiger partial charge on any atom is 0.0969 e. The first-order valence-electron chi connectivity index (χ1n) is 2.20. The minimum absolute atomic E-state index is 0.648. The summed E-state index contributed by atoms with van der Waals surface area (Å²) in [6, 6.07) is 0. The average Bonchev–Trinajstić information content (AvgIpc) is 2.12. The maximum atomic E-state index is 8.75. The number of aliphatic hydroxyl groups is 1. The van der Waals surface area contributed by atoms with E-state index in [4.69, 9.17) is 5.11 Å². The van der Waals surface area contributed by atoms with Crippen LogP contribution in [-0.4, -0.2) is 10.1 Å². The molecule has 1 unspecified atom stereocenters. The van der Waals surface area contributed by atoms with Crippen molar-refractivity contribution in [3.05, 3.63) is 23.5 Å². The number of hydrogen-bond donors (Lipinski definition) is 1. The van der Waals surface area contributed by atoms with Crippen molar-refractivity contribution in [3.63, 3.8) is 0 Å². The average molecular weight is 128 g/mol. The molecule has 1 radical (unpaired) electrons. The van der Waals surface area contributed by atoms with Gasteiger partial charge in [-0.2, -0.15) is 0 Å². The zero-order chi connectivity index (χ0) is 5.98. The van der Waals surface area contributed by atoms with Crippen LogP contribution < -0.4 is 0 Å². The lowest BCUT2D eigenvalue weighted by Crippen LogP contribution is -1.88. The Hall–Kier alpha value is -0.410. The first kappa shape index (κ1) is 5.72. The second kappa shape index (κ2) is 2.24. The minimum Gasteiger partial charge on any atom is -0.387 e. The number of rotatable bonds is 1. The van der Waals surface area contributed by atoms with Gasteiger partial charge in [0.05, 0.1) is 17.3 Å². The molecule has 1 heterocycles. The molecule has 43 valence electrons. The van der Waals surface area contributed by atoms with Crippen LogP contribution in [0, 0.1) is 6.92 Å². The van der Waals surface area contributed by atoms with E-state index in [-0.39, 0.29) is 0 Å². The minimum atomic E-state index is -0.666. The number of nitrogens with zero attached hydrogens (tertiary/aromatic N) is 1. The van der Waals surface area contributed by atoms with Gasteiger partial charge < -0.3 is 5.11 Å². The number of aliphatic hydroxyl groups excluding tert-OH is 1. The predicted octanol–water partition coefficient (Wildman–Crippen LogP) is 1.01. The van der Waals surface area contributed by atoms with Crippen LogP contribution in [0.5, 0.6) is 0 Å². The van der Waals surface area contributed by atoms with E-state index in [1.54, 1.807) is 10.9 Å². The van der Waals surface area contributed by atoms with Crippen LogP contribution in [-0.2, 0) is 0 Å². The molecule has 2 nitrogen and oxygen atoms in total. The van der Waals surface area contributed by atoms with Crippen molar-refractivity contribution in [2.24, 2.45) is 0 Å². The van der Waals surface area contributed by atoms with E-state index >= 15 is 0 Å². The van der Waals surface area contributed by atoms with Crippen molar-refractivity contribution in [2.75, 3.05) is 0 Å². The normalized spacial score (nSPS) is 13.8. The molecule has 1 aromatic rings. The van der Waals surface area contributed by atoms with Gasteiger partial charge in [0, 0.05) is 5.38 Å². The molecule has 0 aliphatic rings. The molecular weight excluding hydrogens is 122 g/mol. The molecule has 0 aliphatic heterocycles. The van der Waals surface area contributed by atoms with Gasteiger partial charge in [0.2, 0.25) is 0 Å². The standard InChI is InChI=1S/C5H6NOS/c1-4(7)5-2-8-3-6-5/h2-4,7H,1H2. The van der Waals surface area contributed by atoms with Crippen molar-refractivity contribution < 1.29 is 5.11 Å². The first-order valence-corrected chi connectivity index (χ1v) is 3.14. The summed E-state index contributed by atoms with van der Waals surface area (Å²) in [5.74, 6) is 0. The maximum absolute atomic E-state index is 8.75. The van der Waals surface area contributed by atoms with Crippen molar-refractivity contribution in [3.8, 4) is 0 Å². The molecule has 0 spiro atoms. The van der Waals surface area contributed by atoms with Gasteiger partial charge in [-0.3, -0.25) is 0 Å². The van der Waals surface area contributed by atoms with Crippen molar-refractivity contribution in [1.29, 1.82) is 0 Å². The molecule has 0 aromatic carbocycles. The molecule has 0 saturated carbocycles. The van der Waals surface area contributed by atoms with Gasteiger partial charge in [-0.25, -0.2) is 4.98 Å². The Kier molecular flexibility index (Phi) is 1.60. The molecule has 0 saturated heterocycles. The van der Waals surface area contributed by atoms with E-state index in [0.29, 0.717) is 5.69 Å². The summed E-state index contributed by atoms with van der Waals surface area (Å²) in [6.45, 7) is 3.38. The molecule has 0 aliphatic carbocycles. The van der Waals surface area contributed by atoms with Gasteiger partial charge in [-0.15, -0.1) is 11.3 Å². The zero-order valence-electron chi connectivity index (χ0n) is 4.24. The van der Waals surface area contributed by atoms with Crippen molar-refractivity contribution in [1.82, 2.24) is 4.98 Å². The van der Waals surface area contributed by atoms with E-state index in [1.807, 2.05) is 0 Å². The van der Waals surface area contributed by atoms with Crippen LogP contribution >= 0.6 is 11.3 Å². The van der Waals surface area contributed by atoms with Gasteiger partial charge in [0.25, 0.3) is 0 Å². The SMILES string of the molecule is [CH2]C(O)c1cscn1. The second-order valence-electron chi connectivity index (χ2n) is 1.43. The van der Waals surface area contributed by atoms with Crippen LogP contribution in [0.2, 0.25) is 0 Å². The van der Waals surface area contributed by atoms with Crippen LogP contribution in [0.1, 0.15) is 11.8 Å². The summed E-state index contributed by atoms with van der Waals surface area (Å²) in [5.41, 5.74) is 2.32. The molecule has 1 aromatic heterocycles. The third-order valence-corrected chi connectivity index (χ3v) is 1.40. The highest BCUT2D eigenvalue weighted by molar-refractivity contribution is 7.07. The summed E-state index contributed by atoms with van der Waals surface area (Å²) in [6.07, 6.45) is -0.666. The Morgan fingerprint density at radius 1 is 1.88 bits per heavy atom. The lowest BCUT2D eigenvalue weighted by Gasteiger charge is -1.93. The van der Waals surface area contributed by atoms with Gasteiger partial charge in [0.1, 0.15) is 0 Å². The molecule has 0 amide bonds. The second-order valence-corrected chi connectivity index (χ2v) is 2.15. The topological polar surface area (TPSA) is 33.1 Å². The van der Waals surface area contributed by atoms with Crippen molar-refractivity contribution >= 4 is 11.3 Å². The van der Waals surface area contributed by atoms with E-state index in [9.17, 15) is 0 Å². The highest BCUT2D eigenvalue weighted by Crippen LogP contribution is 2.09. The largest absolute Gasteiger partial charge is 0.387 e. The summed E-state index contributed by atoms with van der Waals surface area (Å²) in [7, 11) is 0. The predicted molar refractivity (Wildman–Crippen MR) is 32.4 cm³/mol. The molecule has 1 atom stereocenters. The Bertz CT molecular complexity index is 147. The van der Waals surface area contributed by atoms with Crippen LogP contribution in [0.4, 0.5) is 0 Å². The number of aromatic nitrogens is 1. The summed E-state index contributed by atoms with van der Waals surface area (Å²) < 4.78 is 0. The van der Waals surface area contributed by atoms with Crippen molar-refractivity contribution in [2.45, 2.75) is 6.10 Å². The Balaban J connectivity index is 2.77. The monoisotopic (exact) mass is 128 g/mol. The smallest absolute Gasteiger partial charge is 0.0969 e. The third kappa shape index (κ3) is 1.05. The van der Waals surface area contributed by atoms with E-state index < -0.39 is 6.10 Å². The van der Waals surface area contributed by atoms with Gasteiger partial charge in [0.15, 0.2) is 0 Å².